The molecule has 0 saturated heterocycles. The minimum atomic E-state index is -1.05. The second kappa shape index (κ2) is 8.12. The van der Waals surface area contributed by atoms with E-state index in [1.807, 2.05) is 6.07 Å². The number of aliphatic hydroxyl groups is 1. The summed E-state index contributed by atoms with van der Waals surface area (Å²) in [7, 11) is 0. The van der Waals surface area contributed by atoms with Crippen molar-refractivity contribution < 1.29 is 23.8 Å². The summed E-state index contributed by atoms with van der Waals surface area (Å²) < 4.78 is 25.1. The number of aliphatic hydroxyl groups excluding tert-OH is 1. The number of hydrogen-bond acceptors (Lipinski definition) is 4. The maximum absolute atomic E-state index is 14.9. The van der Waals surface area contributed by atoms with Crippen LogP contribution in [0, 0.1) is 5.82 Å². The highest BCUT2D eigenvalue weighted by atomic mass is 19.1. The van der Waals surface area contributed by atoms with Crippen LogP contribution in [0.3, 0.4) is 0 Å². The van der Waals surface area contributed by atoms with Crippen LogP contribution in [-0.4, -0.2) is 24.0 Å². The Hall–Kier alpha value is -3.02. The highest BCUT2D eigenvalue weighted by Crippen LogP contribution is 2.31. The van der Waals surface area contributed by atoms with Crippen LogP contribution in [0.5, 0.6) is 5.75 Å². The second-order valence-electron chi connectivity index (χ2n) is 5.95. The minimum absolute atomic E-state index is 0.182. The number of carbonyl (C=O) groups is 1. The van der Waals surface area contributed by atoms with Gasteiger partial charge in [0.1, 0.15) is 11.6 Å². The summed E-state index contributed by atoms with van der Waals surface area (Å²) >= 11 is 0. The van der Waals surface area contributed by atoms with Crippen LogP contribution < -0.4 is 4.74 Å². The highest BCUT2D eigenvalue weighted by molar-refractivity contribution is 6.08. The fraction of sp³-hybridized carbons (Fsp3) is 0.136. The number of esters is 1. The standard InChI is InChI=1S/C22H19FO4/c1-3-20(24)26-12-11-14-5-8-18-17-10-7-16(27-21(25)4-2)13-15(17)6-9-19(18)22(14)23/h3-10,13,20,24H,1-2,11-12H2. The number of fused-ring (bicyclic) bond motifs is 3. The van der Waals surface area contributed by atoms with Gasteiger partial charge in [0, 0.05) is 11.5 Å². The smallest absolute Gasteiger partial charge is 0.335 e. The average Bonchev–Trinajstić information content (AvgIpc) is 2.68. The largest absolute Gasteiger partial charge is 0.423 e. The first kappa shape index (κ1) is 18.8. The first-order valence-corrected chi connectivity index (χ1v) is 8.44. The molecule has 27 heavy (non-hydrogen) atoms. The lowest BCUT2D eigenvalue weighted by Crippen LogP contribution is -2.11. The third kappa shape index (κ3) is 4.05. The summed E-state index contributed by atoms with van der Waals surface area (Å²) in [6.45, 7) is 6.97. The Morgan fingerprint density at radius 3 is 2.59 bits per heavy atom. The summed E-state index contributed by atoms with van der Waals surface area (Å²) in [5.74, 6) is -0.440. The van der Waals surface area contributed by atoms with Crippen molar-refractivity contribution in [3.8, 4) is 5.75 Å². The van der Waals surface area contributed by atoms with Crippen molar-refractivity contribution in [2.24, 2.45) is 0 Å². The maximum Gasteiger partial charge on any atom is 0.335 e. The molecule has 3 rings (SSSR count). The molecule has 1 unspecified atom stereocenters. The van der Waals surface area contributed by atoms with Gasteiger partial charge in [0.25, 0.3) is 0 Å². The van der Waals surface area contributed by atoms with Gasteiger partial charge in [-0.1, -0.05) is 43.5 Å². The van der Waals surface area contributed by atoms with Gasteiger partial charge in [-0.15, -0.1) is 0 Å². The molecule has 0 amide bonds. The molecule has 0 saturated carbocycles. The number of rotatable bonds is 7. The van der Waals surface area contributed by atoms with E-state index in [1.54, 1.807) is 36.4 Å². The van der Waals surface area contributed by atoms with E-state index in [2.05, 4.69) is 13.2 Å². The maximum atomic E-state index is 14.9. The predicted molar refractivity (Wildman–Crippen MR) is 103 cm³/mol. The monoisotopic (exact) mass is 366 g/mol. The number of ether oxygens (including phenoxy) is 2. The zero-order valence-electron chi connectivity index (χ0n) is 14.7. The molecule has 0 heterocycles. The normalized spacial score (nSPS) is 12.1. The molecule has 0 fully saturated rings. The van der Waals surface area contributed by atoms with E-state index in [1.165, 1.54) is 6.08 Å². The zero-order valence-corrected chi connectivity index (χ0v) is 14.7. The summed E-state index contributed by atoms with van der Waals surface area (Å²) in [4.78, 5) is 11.3. The van der Waals surface area contributed by atoms with Crippen LogP contribution in [-0.2, 0) is 16.0 Å². The topological polar surface area (TPSA) is 55.8 Å². The SMILES string of the molecule is C=CC(=O)Oc1ccc2c(ccc3c(F)c(CCOC(O)C=C)ccc32)c1. The molecule has 0 bridgehead atoms. The van der Waals surface area contributed by atoms with Crippen LogP contribution >= 0.6 is 0 Å². The van der Waals surface area contributed by atoms with Gasteiger partial charge < -0.3 is 14.6 Å². The van der Waals surface area contributed by atoms with E-state index >= 15 is 0 Å². The Labute approximate surface area is 156 Å². The molecule has 0 aliphatic rings. The molecular weight excluding hydrogens is 347 g/mol. The number of halogens is 1. The molecule has 0 aliphatic heterocycles. The molecule has 0 aliphatic carbocycles. The van der Waals surface area contributed by atoms with Crippen LogP contribution in [0.15, 0.2) is 67.8 Å². The van der Waals surface area contributed by atoms with E-state index in [9.17, 15) is 14.3 Å². The molecule has 3 aromatic carbocycles. The molecule has 3 aromatic rings. The Balaban J connectivity index is 1.93. The molecule has 4 nitrogen and oxygen atoms in total. The van der Waals surface area contributed by atoms with Gasteiger partial charge in [0.15, 0.2) is 6.29 Å². The molecule has 5 heteroatoms. The lowest BCUT2D eigenvalue weighted by Gasteiger charge is -2.11. The van der Waals surface area contributed by atoms with Gasteiger partial charge in [-0.3, -0.25) is 0 Å². The first-order valence-electron chi connectivity index (χ1n) is 8.44. The van der Waals surface area contributed by atoms with Gasteiger partial charge in [-0.05, 0) is 46.4 Å². The summed E-state index contributed by atoms with van der Waals surface area (Å²) in [6, 6.07) is 12.3. The van der Waals surface area contributed by atoms with Crippen LogP contribution in [0.25, 0.3) is 21.5 Å². The average molecular weight is 366 g/mol. The van der Waals surface area contributed by atoms with Crippen LogP contribution in [0.4, 0.5) is 4.39 Å². The van der Waals surface area contributed by atoms with E-state index in [4.69, 9.17) is 9.47 Å². The quantitative estimate of drug-likeness (QED) is 0.169. The fourth-order valence-electron chi connectivity index (χ4n) is 2.91. The molecule has 0 aromatic heterocycles. The summed E-state index contributed by atoms with van der Waals surface area (Å²) in [5, 5.41) is 12.3. The van der Waals surface area contributed by atoms with Crippen LogP contribution in [0.2, 0.25) is 0 Å². The zero-order chi connectivity index (χ0) is 19.4. The summed E-state index contributed by atoms with van der Waals surface area (Å²) in [6.07, 6.45) is 1.64. The van der Waals surface area contributed by atoms with Crippen LogP contribution in [0.1, 0.15) is 5.56 Å². The molecule has 0 spiro atoms. The molecule has 1 N–H and O–H groups in total. The Kier molecular flexibility index (Phi) is 5.64. The molecule has 1 atom stereocenters. The molecular formula is C22H19FO4. The first-order chi connectivity index (χ1) is 13.0. The van der Waals surface area contributed by atoms with Crippen molar-refractivity contribution in [2.75, 3.05) is 6.61 Å². The van der Waals surface area contributed by atoms with Crippen molar-refractivity contribution >= 4 is 27.5 Å². The Bertz CT molecular complexity index is 1030. The molecule has 138 valence electrons. The third-order valence-corrected chi connectivity index (χ3v) is 4.25. The number of carbonyl (C=O) groups excluding carboxylic acids is 1. The number of benzene rings is 3. The van der Waals surface area contributed by atoms with Crippen molar-refractivity contribution in [3.05, 3.63) is 79.2 Å². The fourth-order valence-corrected chi connectivity index (χ4v) is 2.91. The van der Waals surface area contributed by atoms with E-state index in [0.29, 0.717) is 23.1 Å². The lowest BCUT2D eigenvalue weighted by atomic mass is 9.98. The lowest BCUT2D eigenvalue weighted by molar-refractivity contribution is -0.128. The van der Waals surface area contributed by atoms with E-state index in [-0.39, 0.29) is 12.4 Å². The number of hydrogen-bond donors (Lipinski definition) is 1. The minimum Gasteiger partial charge on any atom is -0.423 e. The highest BCUT2D eigenvalue weighted by Gasteiger charge is 2.11. The van der Waals surface area contributed by atoms with Gasteiger partial charge in [-0.2, -0.15) is 0 Å². The van der Waals surface area contributed by atoms with Gasteiger partial charge in [-0.25, -0.2) is 9.18 Å². The van der Waals surface area contributed by atoms with Crippen molar-refractivity contribution in [3.63, 3.8) is 0 Å². The Morgan fingerprint density at radius 2 is 1.85 bits per heavy atom. The molecule has 0 radical (unpaired) electrons. The van der Waals surface area contributed by atoms with Gasteiger partial charge in [0.2, 0.25) is 0 Å². The van der Waals surface area contributed by atoms with Crippen molar-refractivity contribution in [1.29, 1.82) is 0 Å². The third-order valence-electron chi connectivity index (χ3n) is 4.25. The Morgan fingerprint density at radius 1 is 1.11 bits per heavy atom. The van der Waals surface area contributed by atoms with Gasteiger partial charge in [0.05, 0.1) is 6.61 Å². The summed E-state index contributed by atoms with van der Waals surface area (Å²) in [5.41, 5.74) is 0.509. The second-order valence-corrected chi connectivity index (χ2v) is 5.95. The van der Waals surface area contributed by atoms with E-state index < -0.39 is 12.3 Å². The predicted octanol–water partition coefficient (Wildman–Crippen LogP) is 4.29. The van der Waals surface area contributed by atoms with Gasteiger partial charge >= 0.3 is 5.97 Å². The van der Waals surface area contributed by atoms with E-state index in [0.717, 1.165) is 22.2 Å². The van der Waals surface area contributed by atoms with Crippen molar-refractivity contribution in [2.45, 2.75) is 12.7 Å². The van der Waals surface area contributed by atoms with Crippen molar-refractivity contribution in [1.82, 2.24) is 0 Å².